The normalized spacial score (nSPS) is 11.3. The Morgan fingerprint density at radius 3 is 1.64 bits per heavy atom. The van der Waals surface area contributed by atoms with Crippen LogP contribution in [0.3, 0.4) is 0 Å². The summed E-state index contributed by atoms with van der Waals surface area (Å²) in [7, 11) is 3.45. The molecule has 3 rings (SSSR count). The maximum Gasteiger partial charge on any atom is 0.262 e. The Bertz CT molecular complexity index is 1370. The van der Waals surface area contributed by atoms with Crippen molar-refractivity contribution in [3.05, 3.63) is 63.6 Å². The van der Waals surface area contributed by atoms with Gasteiger partial charge in [-0.05, 0) is 53.6 Å². The molecule has 0 spiro atoms. The van der Waals surface area contributed by atoms with E-state index in [1.807, 2.05) is 6.08 Å². The van der Waals surface area contributed by atoms with Crippen LogP contribution in [0.4, 0.5) is 5.69 Å². The monoisotopic (exact) mass is 553 g/mol. The Hall–Kier alpha value is -3.27. The summed E-state index contributed by atoms with van der Waals surface area (Å²) in [6, 6.07) is 10.9. The van der Waals surface area contributed by atoms with Crippen LogP contribution in [0.5, 0.6) is 28.7 Å². The topological polar surface area (TPSA) is 92.3 Å². The first kappa shape index (κ1) is 27.3. The zero-order chi connectivity index (χ0) is 26.5. The van der Waals surface area contributed by atoms with Crippen LogP contribution in [0.25, 0.3) is 12.2 Å². The molecule has 0 unspecified atom stereocenters. The van der Waals surface area contributed by atoms with Crippen LogP contribution in [0.15, 0.2) is 47.4 Å². The minimum atomic E-state index is -4.02. The summed E-state index contributed by atoms with van der Waals surface area (Å²) < 4.78 is 55.7. The minimum Gasteiger partial charge on any atom is -0.493 e. The number of hydrogen-bond acceptors (Lipinski definition) is 7. The molecule has 0 aliphatic rings. The fourth-order valence-electron chi connectivity index (χ4n) is 3.40. The van der Waals surface area contributed by atoms with E-state index in [-0.39, 0.29) is 26.4 Å². The van der Waals surface area contributed by atoms with Crippen LogP contribution in [0, 0.1) is 0 Å². The first-order valence-electron chi connectivity index (χ1n) is 10.4. The molecule has 192 valence electrons. The van der Waals surface area contributed by atoms with E-state index in [0.717, 1.165) is 5.56 Å². The molecule has 0 heterocycles. The van der Waals surface area contributed by atoms with Crippen LogP contribution in [0.1, 0.15) is 11.1 Å². The van der Waals surface area contributed by atoms with Gasteiger partial charge in [-0.2, -0.15) is 0 Å². The average Bonchev–Trinajstić information content (AvgIpc) is 2.87. The smallest absolute Gasteiger partial charge is 0.262 e. The van der Waals surface area contributed by atoms with Crippen molar-refractivity contribution in [1.82, 2.24) is 0 Å². The Balaban J connectivity index is 2.04. The lowest BCUT2D eigenvalue weighted by atomic mass is 10.1. The Morgan fingerprint density at radius 1 is 0.667 bits per heavy atom. The molecular weight excluding hydrogens is 529 g/mol. The highest BCUT2D eigenvalue weighted by atomic mass is 35.5. The van der Waals surface area contributed by atoms with Crippen LogP contribution >= 0.6 is 23.2 Å². The molecule has 8 nitrogen and oxygen atoms in total. The number of benzene rings is 3. The van der Waals surface area contributed by atoms with Crippen LogP contribution in [-0.4, -0.2) is 44.0 Å². The lowest BCUT2D eigenvalue weighted by Gasteiger charge is -2.16. The predicted octanol–water partition coefficient (Wildman–Crippen LogP) is 6.01. The number of methoxy groups -OCH3 is 5. The Kier molecular flexibility index (Phi) is 8.84. The second-order valence-electron chi connectivity index (χ2n) is 7.28. The van der Waals surface area contributed by atoms with Crippen molar-refractivity contribution < 1.29 is 32.1 Å². The lowest BCUT2D eigenvalue weighted by molar-refractivity contribution is 0.324. The molecular formula is C25H25Cl2NO7S. The number of sulfonamides is 1. The van der Waals surface area contributed by atoms with Crippen LogP contribution < -0.4 is 28.4 Å². The molecule has 36 heavy (non-hydrogen) atoms. The second-order valence-corrected chi connectivity index (χ2v) is 9.77. The van der Waals surface area contributed by atoms with Gasteiger partial charge >= 0.3 is 0 Å². The van der Waals surface area contributed by atoms with Crippen LogP contribution in [-0.2, 0) is 10.0 Å². The van der Waals surface area contributed by atoms with E-state index in [9.17, 15) is 8.42 Å². The van der Waals surface area contributed by atoms with Gasteiger partial charge in [0.15, 0.2) is 23.0 Å². The van der Waals surface area contributed by atoms with E-state index in [1.54, 1.807) is 30.3 Å². The molecule has 1 N–H and O–H groups in total. The Labute approximate surface area is 220 Å². The largest absolute Gasteiger partial charge is 0.493 e. The van der Waals surface area contributed by atoms with Gasteiger partial charge in [0.2, 0.25) is 5.75 Å². The average molecular weight is 554 g/mol. The zero-order valence-corrected chi connectivity index (χ0v) is 22.5. The molecule has 0 aliphatic heterocycles. The lowest BCUT2D eigenvalue weighted by Crippen LogP contribution is -2.14. The number of nitrogens with one attached hydrogen (secondary N) is 1. The quantitative estimate of drug-likeness (QED) is 0.307. The third-order valence-corrected chi connectivity index (χ3v) is 7.20. The van der Waals surface area contributed by atoms with Gasteiger partial charge in [0.25, 0.3) is 10.0 Å². The summed E-state index contributed by atoms with van der Waals surface area (Å²) >= 11 is 11.9. The fourth-order valence-corrected chi connectivity index (χ4v) is 4.84. The van der Waals surface area contributed by atoms with Crippen LogP contribution in [0.2, 0.25) is 10.0 Å². The predicted molar refractivity (Wildman–Crippen MR) is 142 cm³/mol. The Morgan fingerprint density at radius 2 is 1.17 bits per heavy atom. The van der Waals surface area contributed by atoms with Gasteiger partial charge in [0, 0.05) is 0 Å². The number of hydrogen-bond donors (Lipinski definition) is 1. The molecule has 0 aromatic heterocycles. The summed E-state index contributed by atoms with van der Waals surface area (Å²) in [6.07, 6.45) is 3.59. The first-order valence-corrected chi connectivity index (χ1v) is 12.6. The van der Waals surface area contributed by atoms with Gasteiger partial charge in [-0.1, -0.05) is 35.4 Å². The minimum absolute atomic E-state index is 0.0590. The maximum atomic E-state index is 13.1. The van der Waals surface area contributed by atoms with Crippen molar-refractivity contribution in [2.45, 2.75) is 4.90 Å². The molecule has 11 heteroatoms. The molecule has 0 atom stereocenters. The third-order valence-electron chi connectivity index (χ3n) is 5.10. The van der Waals surface area contributed by atoms with Crippen molar-refractivity contribution in [2.24, 2.45) is 0 Å². The highest BCUT2D eigenvalue weighted by Crippen LogP contribution is 2.40. The van der Waals surface area contributed by atoms with E-state index in [2.05, 4.69) is 4.72 Å². The van der Waals surface area contributed by atoms with Gasteiger partial charge in [-0.25, -0.2) is 8.42 Å². The van der Waals surface area contributed by atoms with Gasteiger partial charge < -0.3 is 23.7 Å². The third kappa shape index (κ3) is 5.92. The number of anilines is 1. The van der Waals surface area contributed by atoms with E-state index in [1.165, 1.54) is 53.7 Å². The van der Waals surface area contributed by atoms with E-state index >= 15 is 0 Å². The van der Waals surface area contributed by atoms with Crippen molar-refractivity contribution >= 4 is 51.1 Å². The molecule has 0 radical (unpaired) electrons. The first-order chi connectivity index (χ1) is 17.2. The molecule has 0 saturated carbocycles. The highest BCUT2D eigenvalue weighted by molar-refractivity contribution is 7.92. The summed E-state index contributed by atoms with van der Waals surface area (Å²) in [4.78, 5) is -0.0590. The molecule has 3 aromatic carbocycles. The molecule has 0 fully saturated rings. The van der Waals surface area contributed by atoms with Crippen molar-refractivity contribution in [3.63, 3.8) is 0 Å². The molecule has 0 saturated heterocycles. The number of halogens is 2. The molecule has 3 aromatic rings. The standard InChI is InChI=1S/C25H25Cl2NO7S/c1-31-21-11-15(6-7-16-12-22(32-2)25(35-5)23(13-16)33-3)10-20(24(21)34-4)28-36(29,30)17-8-9-18(26)19(27)14-17/h6-14,28H,1-5H3. The van der Waals surface area contributed by atoms with Gasteiger partial charge in [-0.15, -0.1) is 0 Å². The summed E-state index contributed by atoms with van der Waals surface area (Å²) in [5, 5.41) is 0.361. The SMILES string of the molecule is COc1cc(C=Cc2cc(OC)c(OC)c(OC)c2)cc(NS(=O)(=O)c2ccc(Cl)c(Cl)c2)c1OC. The van der Waals surface area contributed by atoms with Crippen molar-refractivity contribution in [1.29, 1.82) is 0 Å². The summed E-state index contributed by atoms with van der Waals surface area (Å²) in [5.74, 6) is 2.02. The fraction of sp³-hybridized carbons (Fsp3) is 0.200. The van der Waals surface area contributed by atoms with E-state index in [4.69, 9.17) is 46.9 Å². The summed E-state index contributed by atoms with van der Waals surface area (Å²) in [6.45, 7) is 0. The van der Waals surface area contributed by atoms with Gasteiger partial charge in [0.1, 0.15) is 0 Å². The maximum absolute atomic E-state index is 13.1. The molecule has 0 amide bonds. The van der Waals surface area contributed by atoms with Gasteiger partial charge in [0.05, 0.1) is 56.2 Å². The summed E-state index contributed by atoms with van der Waals surface area (Å²) in [5.41, 5.74) is 1.57. The van der Waals surface area contributed by atoms with Crippen molar-refractivity contribution in [2.75, 3.05) is 40.3 Å². The highest BCUT2D eigenvalue weighted by Gasteiger charge is 2.21. The van der Waals surface area contributed by atoms with E-state index < -0.39 is 10.0 Å². The molecule has 0 bridgehead atoms. The van der Waals surface area contributed by atoms with Crippen molar-refractivity contribution in [3.8, 4) is 28.7 Å². The zero-order valence-electron chi connectivity index (χ0n) is 20.2. The number of ether oxygens (including phenoxy) is 5. The molecule has 0 aliphatic carbocycles. The van der Waals surface area contributed by atoms with Gasteiger partial charge in [-0.3, -0.25) is 4.72 Å². The van der Waals surface area contributed by atoms with E-state index in [0.29, 0.717) is 28.6 Å². The second kappa shape index (κ2) is 11.6. The number of rotatable bonds is 10.